The van der Waals surface area contributed by atoms with Crippen LogP contribution in [0.2, 0.25) is 0 Å². The van der Waals surface area contributed by atoms with Crippen molar-refractivity contribution >= 4 is 32.6 Å². The van der Waals surface area contributed by atoms with E-state index in [0.29, 0.717) is 16.6 Å². The zero-order valence-electron chi connectivity index (χ0n) is 12.8. The number of nitrogens with zero attached hydrogens (tertiary/aromatic N) is 3. The van der Waals surface area contributed by atoms with Gasteiger partial charge in [-0.2, -0.15) is 0 Å². The summed E-state index contributed by atoms with van der Waals surface area (Å²) >= 11 is 1.45. The number of methoxy groups -OCH3 is 1. The van der Waals surface area contributed by atoms with Crippen LogP contribution in [-0.4, -0.2) is 27.8 Å². The Morgan fingerprint density at radius 2 is 2.05 bits per heavy atom. The van der Waals surface area contributed by atoms with E-state index >= 15 is 0 Å². The second kappa shape index (κ2) is 5.42. The topological polar surface area (TPSA) is 69.0 Å². The third-order valence-electron chi connectivity index (χ3n) is 3.46. The molecule has 7 heteroatoms. The molecule has 3 aromatic rings. The molecule has 0 bridgehead atoms. The smallest absolute Gasteiger partial charge is 0.264 e. The summed E-state index contributed by atoms with van der Waals surface area (Å²) in [6.45, 7) is 4.11. The summed E-state index contributed by atoms with van der Waals surface area (Å²) in [7, 11) is 3.23. The number of aromatic nitrogens is 3. The average Bonchev–Trinajstić information content (AvgIpc) is 3.02. The highest BCUT2D eigenvalue weighted by molar-refractivity contribution is 7.22. The lowest BCUT2D eigenvalue weighted by Crippen LogP contribution is -2.12. The molecular formula is C15H16N4O2S. The Morgan fingerprint density at radius 3 is 2.77 bits per heavy atom. The van der Waals surface area contributed by atoms with E-state index in [2.05, 4.69) is 28.4 Å². The fourth-order valence-corrected chi connectivity index (χ4v) is 3.11. The van der Waals surface area contributed by atoms with Crippen LogP contribution in [0.5, 0.6) is 5.88 Å². The monoisotopic (exact) mass is 316 g/mol. The first-order chi connectivity index (χ1) is 10.5. The molecule has 6 nitrogen and oxygen atoms in total. The molecule has 0 aliphatic carbocycles. The van der Waals surface area contributed by atoms with Crippen molar-refractivity contribution in [1.29, 1.82) is 0 Å². The second-order valence-electron chi connectivity index (χ2n) is 5.10. The number of anilines is 1. The Morgan fingerprint density at radius 1 is 1.32 bits per heavy atom. The number of amides is 1. The molecule has 114 valence electrons. The third-order valence-corrected chi connectivity index (χ3v) is 4.39. The molecule has 1 aromatic carbocycles. The lowest BCUT2D eigenvalue weighted by Gasteiger charge is -2.00. The predicted molar refractivity (Wildman–Crippen MR) is 86.8 cm³/mol. The number of nitrogens with one attached hydrogen (secondary N) is 1. The van der Waals surface area contributed by atoms with Gasteiger partial charge in [-0.25, -0.2) is 4.98 Å². The molecule has 1 N–H and O–H groups in total. The zero-order valence-corrected chi connectivity index (χ0v) is 13.6. The lowest BCUT2D eigenvalue weighted by molar-refractivity contribution is 0.102. The fraction of sp³-hybridized carbons (Fsp3) is 0.267. The molecule has 0 unspecified atom stereocenters. The highest BCUT2D eigenvalue weighted by Crippen LogP contribution is 2.29. The number of carbonyl (C=O) groups is 1. The Labute approximate surface area is 131 Å². The lowest BCUT2D eigenvalue weighted by atomic mass is 10.1. The quantitative estimate of drug-likeness (QED) is 0.806. The molecule has 0 radical (unpaired) electrons. The Kier molecular flexibility index (Phi) is 3.58. The molecule has 0 fully saturated rings. The molecule has 0 spiro atoms. The molecule has 1 amide bonds. The maximum absolute atomic E-state index is 12.3. The van der Waals surface area contributed by atoms with Crippen LogP contribution in [0.1, 0.15) is 21.5 Å². The minimum absolute atomic E-state index is 0.280. The maximum atomic E-state index is 12.3. The summed E-state index contributed by atoms with van der Waals surface area (Å²) in [5.41, 5.74) is 3.67. The van der Waals surface area contributed by atoms with Crippen LogP contribution in [0.4, 0.5) is 5.13 Å². The molecule has 3 rings (SSSR count). The van der Waals surface area contributed by atoms with E-state index < -0.39 is 0 Å². The molecular weight excluding hydrogens is 300 g/mol. The van der Waals surface area contributed by atoms with Crippen LogP contribution in [0.25, 0.3) is 10.2 Å². The first-order valence-corrected chi connectivity index (χ1v) is 7.56. The molecule has 0 aliphatic heterocycles. The summed E-state index contributed by atoms with van der Waals surface area (Å²) in [5.74, 6) is 0.0188. The number of hydrogen-bond donors (Lipinski definition) is 1. The Balaban J connectivity index is 1.90. The van der Waals surface area contributed by atoms with Crippen molar-refractivity contribution in [3.8, 4) is 5.88 Å². The van der Waals surface area contributed by atoms with Crippen molar-refractivity contribution < 1.29 is 9.53 Å². The van der Waals surface area contributed by atoms with Crippen LogP contribution in [-0.2, 0) is 7.05 Å². The van der Waals surface area contributed by atoms with Gasteiger partial charge in [0.05, 0.1) is 17.3 Å². The van der Waals surface area contributed by atoms with Crippen LogP contribution < -0.4 is 10.1 Å². The first-order valence-electron chi connectivity index (χ1n) is 6.74. The summed E-state index contributed by atoms with van der Waals surface area (Å²) < 4.78 is 7.70. The molecule has 22 heavy (non-hydrogen) atoms. The summed E-state index contributed by atoms with van der Waals surface area (Å²) in [5, 5.41) is 7.45. The highest BCUT2D eigenvalue weighted by Gasteiger charge is 2.18. The Hall–Kier alpha value is -2.41. The number of benzene rings is 1. The van der Waals surface area contributed by atoms with Gasteiger partial charge in [-0.1, -0.05) is 11.3 Å². The minimum Gasteiger partial charge on any atom is -0.479 e. The van der Waals surface area contributed by atoms with Crippen molar-refractivity contribution in [3.63, 3.8) is 0 Å². The van der Waals surface area contributed by atoms with Gasteiger partial charge in [0, 0.05) is 13.2 Å². The van der Waals surface area contributed by atoms with Gasteiger partial charge in [0.1, 0.15) is 5.56 Å². The standard InChI is InChI=1S/C15H16N4O2S/c1-8-5-11-12(6-9(8)2)22-15(16-11)17-13(20)10-7-19(3)18-14(10)21-4/h5-7H,1-4H3,(H,16,17,20). The SMILES string of the molecule is COc1nn(C)cc1C(=O)Nc1nc2cc(C)c(C)cc2s1. The number of thiazole rings is 1. The second-order valence-corrected chi connectivity index (χ2v) is 6.13. The molecule has 2 aromatic heterocycles. The van der Waals surface area contributed by atoms with E-state index in [-0.39, 0.29) is 5.91 Å². The highest BCUT2D eigenvalue weighted by atomic mass is 32.1. The van der Waals surface area contributed by atoms with Crippen molar-refractivity contribution in [1.82, 2.24) is 14.8 Å². The van der Waals surface area contributed by atoms with Gasteiger partial charge >= 0.3 is 0 Å². The number of carbonyl (C=O) groups excluding carboxylic acids is 1. The van der Waals surface area contributed by atoms with Crippen molar-refractivity contribution in [2.75, 3.05) is 12.4 Å². The number of hydrogen-bond acceptors (Lipinski definition) is 5. The maximum Gasteiger partial charge on any atom is 0.264 e. The summed E-state index contributed by atoms with van der Waals surface area (Å²) in [4.78, 5) is 16.8. The molecule has 0 saturated heterocycles. The van der Waals surface area contributed by atoms with E-state index in [0.717, 1.165) is 10.2 Å². The zero-order chi connectivity index (χ0) is 15.9. The van der Waals surface area contributed by atoms with Crippen molar-refractivity contribution in [2.24, 2.45) is 7.05 Å². The van der Waals surface area contributed by atoms with Gasteiger partial charge in [0.15, 0.2) is 5.13 Å². The Bertz CT molecular complexity index is 827. The van der Waals surface area contributed by atoms with Crippen LogP contribution in [0.3, 0.4) is 0 Å². The number of rotatable bonds is 3. The van der Waals surface area contributed by atoms with Crippen LogP contribution >= 0.6 is 11.3 Å². The third kappa shape index (κ3) is 2.55. The van der Waals surface area contributed by atoms with Gasteiger partial charge in [-0.15, -0.1) is 5.10 Å². The van der Waals surface area contributed by atoms with E-state index in [1.54, 1.807) is 17.9 Å². The molecule has 0 aliphatic rings. The van der Waals surface area contributed by atoms with Crippen molar-refractivity contribution in [2.45, 2.75) is 13.8 Å². The van der Waals surface area contributed by atoms with Crippen LogP contribution in [0, 0.1) is 13.8 Å². The molecule has 0 saturated carbocycles. The molecule has 2 heterocycles. The molecule has 0 atom stereocenters. The number of aryl methyl sites for hydroxylation is 3. The van der Waals surface area contributed by atoms with E-state index in [4.69, 9.17) is 4.74 Å². The van der Waals surface area contributed by atoms with E-state index in [9.17, 15) is 4.79 Å². The summed E-state index contributed by atoms with van der Waals surface area (Å²) in [6, 6.07) is 4.12. The average molecular weight is 316 g/mol. The number of ether oxygens (including phenoxy) is 1. The predicted octanol–water partition coefficient (Wildman–Crippen LogP) is 2.91. The van der Waals surface area contributed by atoms with E-state index in [1.165, 1.54) is 29.6 Å². The normalized spacial score (nSPS) is 10.9. The summed E-state index contributed by atoms with van der Waals surface area (Å²) in [6.07, 6.45) is 1.62. The first kappa shape index (κ1) is 14.5. The largest absolute Gasteiger partial charge is 0.479 e. The van der Waals surface area contributed by atoms with Crippen LogP contribution in [0.15, 0.2) is 18.3 Å². The minimum atomic E-state index is -0.280. The van der Waals surface area contributed by atoms with Gasteiger partial charge in [-0.3, -0.25) is 14.8 Å². The van der Waals surface area contributed by atoms with E-state index in [1.807, 2.05) is 13.0 Å². The van der Waals surface area contributed by atoms with Crippen molar-refractivity contribution in [3.05, 3.63) is 35.0 Å². The van der Waals surface area contributed by atoms with Gasteiger partial charge in [0.25, 0.3) is 5.91 Å². The van der Waals surface area contributed by atoms with Gasteiger partial charge in [-0.05, 0) is 37.1 Å². The fourth-order valence-electron chi connectivity index (χ4n) is 2.17. The van der Waals surface area contributed by atoms with Gasteiger partial charge in [0.2, 0.25) is 5.88 Å². The number of fused-ring (bicyclic) bond motifs is 1. The van der Waals surface area contributed by atoms with Gasteiger partial charge < -0.3 is 4.74 Å².